The van der Waals surface area contributed by atoms with Gasteiger partial charge in [-0.15, -0.1) is 0 Å². The summed E-state index contributed by atoms with van der Waals surface area (Å²) in [5, 5.41) is 13.3. The molecule has 0 spiro atoms. The van der Waals surface area contributed by atoms with Crippen molar-refractivity contribution in [2.45, 2.75) is 38.9 Å². The van der Waals surface area contributed by atoms with E-state index in [2.05, 4.69) is 16.2 Å². The van der Waals surface area contributed by atoms with Gasteiger partial charge < -0.3 is 15.2 Å². The molecule has 6 nitrogen and oxygen atoms in total. The van der Waals surface area contributed by atoms with E-state index in [0.29, 0.717) is 13.0 Å². The van der Waals surface area contributed by atoms with Crippen LogP contribution < -0.4 is 20.9 Å². The summed E-state index contributed by atoms with van der Waals surface area (Å²) in [5.74, 6) is 1.01. The summed E-state index contributed by atoms with van der Waals surface area (Å²) in [6.45, 7) is 4.34. The summed E-state index contributed by atoms with van der Waals surface area (Å²) in [4.78, 5) is 12.4. The van der Waals surface area contributed by atoms with Crippen LogP contribution in [0.3, 0.4) is 0 Å². The Morgan fingerprint density at radius 3 is 2.65 bits per heavy atom. The van der Waals surface area contributed by atoms with Gasteiger partial charge in [-0.1, -0.05) is 29.8 Å². The van der Waals surface area contributed by atoms with Crippen LogP contribution in [0.1, 0.15) is 34.7 Å². The summed E-state index contributed by atoms with van der Waals surface area (Å²) >= 11 is 0. The fourth-order valence-electron chi connectivity index (χ4n) is 3.25. The number of phenolic OH excluding ortho intramolecular Hbond substituents is 1. The molecule has 1 aliphatic rings. The Morgan fingerprint density at radius 1 is 1.23 bits per heavy atom. The van der Waals surface area contributed by atoms with E-state index in [-0.39, 0.29) is 23.7 Å². The van der Waals surface area contributed by atoms with E-state index in [1.165, 1.54) is 0 Å². The number of hydrogen-bond acceptors (Lipinski definition) is 5. The van der Waals surface area contributed by atoms with Gasteiger partial charge in [-0.2, -0.15) is 0 Å². The fourth-order valence-corrected chi connectivity index (χ4v) is 3.25. The van der Waals surface area contributed by atoms with Crippen LogP contribution in [0.4, 0.5) is 0 Å². The van der Waals surface area contributed by atoms with E-state index in [9.17, 15) is 9.90 Å². The predicted octanol–water partition coefficient (Wildman–Crippen LogP) is 2.24. The SMILES string of the molecule is COc1ccc(CNC(=O)C2CC(c3cc(C)cc(C)c3O)NN2)cc1. The second-order valence-electron chi connectivity index (χ2n) is 6.72. The number of carbonyl (C=O) groups excluding carboxylic acids is 1. The van der Waals surface area contributed by atoms with Crippen LogP contribution in [-0.4, -0.2) is 24.2 Å². The molecule has 0 aromatic heterocycles. The number of rotatable bonds is 5. The number of phenols is 1. The number of benzene rings is 2. The third-order valence-electron chi connectivity index (χ3n) is 4.70. The van der Waals surface area contributed by atoms with Crippen LogP contribution >= 0.6 is 0 Å². The first-order valence-corrected chi connectivity index (χ1v) is 8.69. The van der Waals surface area contributed by atoms with Gasteiger partial charge in [0.2, 0.25) is 5.91 Å². The lowest BCUT2D eigenvalue weighted by atomic mass is 9.96. The number of carbonyl (C=O) groups is 1. The number of nitrogens with one attached hydrogen (secondary N) is 3. The fraction of sp³-hybridized carbons (Fsp3) is 0.350. The third-order valence-corrected chi connectivity index (χ3v) is 4.70. The maximum Gasteiger partial charge on any atom is 0.238 e. The summed E-state index contributed by atoms with van der Waals surface area (Å²) in [6, 6.07) is 11.0. The highest BCUT2D eigenvalue weighted by Crippen LogP contribution is 2.33. The number of hydrogen-bond donors (Lipinski definition) is 4. The molecule has 26 heavy (non-hydrogen) atoms. The van der Waals surface area contributed by atoms with Gasteiger partial charge in [0, 0.05) is 12.1 Å². The lowest BCUT2D eigenvalue weighted by molar-refractivity contribution is -0.123. The van der Waals surface area contributed by atoms with Crippen molar-refractivity contribution >= 4 is 5.91 Å². The van der Waals surface area contributed by atoms with Crippen molar-refractivity contribution in [1.29, 1.82) is 0 Å². The first-order valence-electron chi connectivity index (χ1n) is 8.69. The highest BCUT2D eigenvalue weighted by Gasteiger charge is 2.31. The summed E-state index contributed by atoms with van der Waals surface area (Å²) in [5.41, 5.74) is 9.91. The molecule has 1 saturated heterocycles. The number of methoxy groups -OCH3 is 1. The molecule has 0 saturated carbocycles. The minimum Gasteiger partial charge on any atom is -0.507 e. The third kappa shape index (κ3) is 3.98. The van der Waals surface area contributed by atoms with Crippen molar-refractivity contribution in [2.24, 2.45) is 0 Å². The Labute approximate surface area is 153 Å². The van der Waals surface area contributed by atoms with Crippen molar-refractivity contribution < 1.29 is 14.6 Å². The Bertz CT molecular complexity index is 790. The lowest BCUT2D eigenvalue weighted by Crippen LogP contribution is -2.42. The molecule has 2 aromatic rings. The summed E-state index contributed by atoms with van der Waals surface area (Å²) in [6.07, 6.45) is 0.574. The molecule has 0 aliphatic carbocycles. The zero-order chi connectivity index (χ0) is 18.7. The lowest BCUT2D eigenvalue weighted by Gasteiger charge is -2.14. The molecule has 0 radical (unpaired) electrons. The van der Waals surface area contributed by atoms with E-state index in [1.54, 1.807) is 7.11 Å². The highest BCUT2D eigenvalue weighted by molar-refractivity contribution is 5.82. The van der Waals surface area contributed by atoms with Crippen LogP contribution in [0.5, 0.6) is 11.5 Å². The summed E-state index contributed by atoms with van der Waals surface area (Å²) < 4.78 is 5.13. The molecule has 138 valence electrons. The zero-order valence-corrected chi connectivity index (χ0v) is 15.3. The Balaban J connectivity index is 1.58. The van der Waals surface area contributed by atoms with Gasteiger partial charge in [0.15, 0.2) is 0 Å². The second-order valence-corrected chi connectivity index (χ2v) is 6.72. The van der Waals surface area contributed by atoms with Crippen LogP contribution in [-0.2, 0) is 11.3 Å². The predicted molar refractivity (Wildman–Crippen MR) is 99.8 cm³/mol. The minimum absolute atomic E-state index is 0.0697. The Morgan fingerprint density at radius 2 is 1.96 bits per heavy atom. The maximum atomic E-state index is 12.4. The van der Waals surface area contributed by atoms with Gasteiger partial charge in [-0.05, 0) is 43.5 Å². The van der Waals surface area contributed by atoms with Crippen LogP contribution in [0, 0.1) is 13.8 Å². The minimum atomic E-state index is -0.349. The molecule has 1 aliphatic heterocycles. The molecule has 1 amide bonds. The molecule has 0 bridgehead atoms. The van der Waals surface area contributed by atoms with Crippen LogP contribution in [0.15, 0.2) is 36.4 Å². The first kappa shape index (κ1) is 18.2. The zero-order valence-electron chi connectivity index (χ0n) is 15.3. The van der Waals surface area contributed by atoms with Gasteiger partial charge in [0.05, 0.1) is 13.2 Å². The van der Waals surface area contributed by atoms with E-state index in [1.807, 2.05) is 50.2 Å². The molecule has 1 fully saturated rings. The second kappa shape index (κ2) is 7.76. The van der Waals surface area contributed by atoms with Crippen molar-refractivity contribution in [3.63, 3.8) is 0 Å². The molecular formula is C20H25N3O3. The Hall–Kier alpha value is -2.57. The highest BCUT2D eigenvalue weighted by atomic mass is 16.5. The van der Waals surface area contributed by atoms with Crippen molar-refractivity contribution in [2.75, 3.05) is 7.11 Å². The van der Waals surface area contributed by atoms with Gasteiger partial charge in [0.25, 0.3) is 0 Å². The van der Waals surface area contributed by atoms with Gasteiger partial charge in [-0.25, -0.2) is 10.9 Å². The average Bonchev–Trinajstić information content (AvgIpc) is 3.13. The van der Waals surface area contributed by atoms with E-state index in [0.717, 1.165) is 28.0 Å². The number of hydrazine groups is 1. The van der Waals surface area contributed by atoms with Gasteiger partial charge in [0.1, 0.15) is 17.5 Å². The van der Waals surface area contributed by atoms with E-state index < -0.39 is 0 Å². The van der Waals surface area contributed by atoms with Crippen molar-refractivity contribution in [3.8, 4) is 11.5 Å². The van der Waals surface area contributed by atoms with E-state index in [4.69, 9.17) is 4.74 Å². The normalized spacial score (nSPS) is 19.3. The van der Waals surface area contributed by atoms with Crippen LogP contribution in [0.25, 0.3) is 0 Å². The molecule has 2 unspecified atom stereocenters. The smallest absolute Gasteiger partial charge is 0.238 e. The average molecular weight is 355 g/mol. The molecule has 4 N–H and O–H groups in total. The number of amides is 1. The molecule has 1 heterocycles. The van der Waals surface area contributed by atoms with E-state index >= 15 is 0 Å². The first-order chi connectivity index (χ1) is 12.5. The van der Waals surface area contributed by atoms with Crippen molar-refractivity contribution in [3.05, 3.63) is 58.7 Å². The topological polar surface area (TPSA) is 82.6 Å². The van der Waals surface area contributed by atoms with Crippen LogP contribution in [0.2, 0.25) is 0 Å². The molecular weight excluding hydrogens is 330 g/mol. The molecule has 2 aromatic carbocycles. The summed E-state index contributed by atoms with van der Waals surface area (Å²) in [7, 11) is 1.62. The monoisotopic (exact) mass is 355 g/mol. The standard InChI is InChI=1S/C20H25N3O3/c1-12-8-13(2)19(24)16(9-12)17-10-18(23-22-17)20(25)21-11-14-4-6-15(26-3)7-5-14/h4-9,17-18,22-24H,10-11H2,1-3H3,(H,21,25). The molecule has 6 heteroatoms. The number of aromatic hydroxyl groups is 1. The molecule has 2 atom stereocenters. The largest absolute Gasteiger partial charge is 0.507 e. The number of aryl methyl sites for hydroxylation is 2. The number of ether oxygens (including phenoxy) is 1. The Kier molecular flexibility index (Phi) is 5.44. The van der Waals surface area contributed by atoms with Gasteiger partial charge in [-0.3, -0.25) is 4.79 Å². The van der Waals surface area contributed by atoms with Crippen molar-refractivity contribution in [1.82, 2.24) is 16.2 Å². The van der Waals surface area contributed by atoms with Gasteiger partial charge >= 0.3 is 0 Å². The quantitative estimate of drug-likeness (QED) is 0.661. The maximum absolute atomic E-state index is 12.4. The molecule has 3 rings (SSSR count).